The van der Waals surface area contributed by atoms with Gasteiger partial charge in [0.2, 0.25) is 0 Å². The zero-order chi connectivity index (χ0) is 7.68. The van der Waals surface area contributed by atoms with Crippen LogP contribution in [0.15, 0.2) is 28.3 Å². The number of hydrogen-bond acceptors (Lipinski definition) is 5. The summed E-state index contributed by atoms with van der Waals surface area (Å²) in [5.74, 6) is 0. The highest BCUT2D eigenvalue weighted by Crippen LogP contribution is 2.16. The zero-order valence-electron chi connectivity index (χ0n) is 5.30. The van der Waals surface area contributed by atoms with Crippen molar-refractivity contribution in [2.45, 2.75) is 0 Å². The largest absolute Gasteiger partial charge is 0.593 e. The Hall–Kier alpha value is -1.19. The molecule has 1 aromatic heterocycles. The van der Waals surface area contributed by atoms with Gasteiger partial charge in [-0.25, -0.2) is 4.99 Å². The minimum absolute atomic E-state index is 0.250. The number of rotatable bonds is 0. The molecule has 0 fully saturated rings. The lowest BCUT2D eigenvalue weighted by Gasteiger charge is -1.86. The molecule has 2 heterocycles. The molecule has 0 N–H and O–H groups in total. The van der Waals surface area contributed by atoms with Crippen LogP contribution in [0.4, 0.5) is 0 Å². The van der Waals surface area contributed by atoms with Crippen molar-refractivity contribution in [2.75, 3.05) is 0 Å². The highest BCUT2D eigenvalue weighted by molar-refractivity contribution is 7.35. The standard InChI is InChI=1S/C5H3N2O3P/c8-11-5-4(9-3-7-5)6-1-2-10-11/h1-3H. The molecule has 1 aromatic rings. The first-order valence-electron chi connectivity index (χ1n) is 2.81. The second kappa shape index (κ2) is 2.45. The Balaban J connectivity index is 2.87. The van der Waals surface area contributed by atoms with E-state index in [4.69, 9.17) is 8.94 Å². The van der Waals surface area contributed by atoms with E-state index in [-0.39, 0.29) is 10.6 Å². The molecule has 2 rings (SSSR count). The fourth-order valence-electron chi connectivity index (χ4n) is 0.678. The molecular formula is C5H3N2O3P. The average Bonchev–Trinajstić information content (AvgIpc) is 2.40. The van der Waals surface area contributed by atoms with Gasteiger partial charge in [0.25, 0.3) is 5.55 Å². The predicted molar refractivity (Wildman–Crippen MR) is 33.6 cm³/mol. The summed E-state index contributed by atoms with van der Waals surface area (Å²) in [6.07, 6.45) is 3.80. The molecule has 1 atom stereocenters. The van der Waals surface area contributed by atoms with Crippen molar-refractivity contribution in [2.24, 2.45) is 4.99 Å². The number of oxazole rings is 1. The lowest BCUT2D eigenvalue weighted by atomic mass is 10.9. The molecule has 0 saturated carbocycles. The van der Waals surface area contributed by atoms with Gasteiger partial charge in [0.05, 0.1) is 6.20 Å². The highest BCUT2D eigenvalue weighted by atomic mass is 31.1. The van der Waals surface area contributed by atoms with Crippen LogP contribution >= 0.6 is 8.00 Å². The third kappa shape index (κ3) is 1.04. The second-order valence-electron chi connectivity index (χ2n) is 1.76. The Kier molecular flexibility index (Phi) is 1.45. The van der Waals surface area contributed by atoms with Crippen molar-refractivity contribution in [1.82, 2.24) is 4.98 Å². The summed E-state index contributed by atoms with van der Waals surface area (Å²) >= 11 is 0. The molecule has 0 saturated heterocycles. The third-order valence-corrected chi connectivity index (χ3v) is 2.08. The molecule has 1 unspecified atom stereocenters. The zero-order valence-corrected chi connectivity index (χ0v) is 6.19. The van der Waals surface area contributed by atoms with Crippen molar-refractivity contribution >= 4 is 8.00 Å². The molecule has 0 aliphatic carbocycles. The van der Waals surface area contributed by atoms with E-state index in [0.29, 0.717) is 0 Å². The molecule has 1 aliphatic heterocycles. The van der Waals surface area contributed by atoms with Gasteiger partial charge in [-0.15, -0.1) is 0 Å². The molecule has 11 heavy (non-hydrogen) atoms. The van der Waals surface area contributed by atoms with Crippen LogP contribution in [0.5, 0.6) is 0 Å². The molecule has 0 amide bonds. The van der Waals surface area contributed by atoms with Gasteiger partial charge < -0.3 is 9.31 Å². The van der Waals surface area contributed by atoms with Crippen LogP contribution in [-0.4, -0.2) is 4.98 Å². The van der Waals surface area contributed by atoms with Crippen molar-refractivity contribution in [3.63, 3.8) is 0 Å². The molecule has 0 aromatic carbocycles. The predicted octanol–water partition coefficient (Wildman–Crippen LogP) is -0.281. The second-order valence-corrected chi connectivity index (χ2v) is 2.91. The highest BCUT2D eigenvalue weighted by Gasteiger charge is 2.07. The van der Waals surface area contributed by atoms with E-state index in [1.807, 2.05) is 0 Å². The Morgan fingerprint density at radius 2 is 2.45 bits per heavy atom. The van der Waals surface area contributed by atoms with Crippen molar-refractivity contribution < 1.29 is 13.8 Å². The summed E-state index contributed by atoms with van der Waals surface area (Å²) in [6.45, 7) is 0. The summed E-state index contributed by atoms with van der Waals surface area (Å²) < 4.78 is 9.51. The Labute approximate surface area is 62.2 Å². The van der Waals surface area contributed by atoms with Crippen molar-refractivity contribution in [3.05, 3.63) is 29.5 Å². The van der Waals surface area contributed by atoms with Gasteiger partial charge in [0, 0.05) is 0 Å². The van der Waals surface area contributed by atoms with Gasteiger partial charge in [-0.3, -0.25) is 4.52 Å². The van der Waals surface area contributed by atoms with E-state index in [9.17, 15) is 4.89 Å². The number of hydrogen-bond donors (Lipinski definition) is 0. The average molecular weight is 170 g/mol. The molecule has 0 radical (unpaired) electrons. The summed E-state index contributed by atoms with van der Waals surface area (Å²) in [5.41, 5.74) is 0.250. The molecule has 0 bridgehead atoms. The normalized spacial score (nSPS) is 18.1. The SMILES string of the molecule is [O-][P+]1=c2ncoc2=NC=CO1. The van der Waals surface area contributed by atoms with E-state index in [1.54, 1.807) is 0 Å². The van der Waals surface area contributed by atoms with Gasteiger partial charge in [-0.1, -0.05) is 0 Å². The molecule has 56 valence electrons. The Bertz CT molecular complexity index is 408. The summed E-state index contributed by atoms with van der Waals surface area (Å²) in [6, 6.07) is 0. The summed E-state index contributed by atoms with van der Waals surface area (Å²) in [4.78, 5) is 18.5. The maximum Gasteiger partial charge on any atom is 0.339 e. The van der Waals surface area contributed by atoms with Gasteiger partial charge in [-0.05, 0) is 0 Å². The first-order chi connectivity index (χ1) is 5.38. The third-order valence-electron chi connectivity index (χ3n) is 1.11. The van der Waals surface area contributed by atoms with Gasteiger partial charge >= 0.3 is 13.1 Å². The van der Waals surface area contributed by atoms with Gasteiger partial charge in [-0.2, -0.15) is 4.98 Å². The maximum atomic E-state index is 11.1. The maximum absolute atomic E-state index is 11.1. The number of aromatic nitrogens is 1. The molecule has 1 aliphatic rings. The first kappa shape index (κ1) is 6.52. The van der Waals surface area contributed by atoms with E-state index < -0.39 is 8.00 Å². The lowest BCUT2D eigenvalue weighted by molar-refractivity contribution is -0.169. The Morgan fingerprint density at radius 1 is 1.55 bits per heavy atom. The van der Waals surface area contributed by atoms with E-state index in [2.05, 4.69) is 9.98 Å². The molecule has 5 nitrogen and oxygen atoms in total. The van der Waals surface area contributed by atoms with Crippen LogP contribution < -0.4 is 10.4 Å². The minimum Gasteiger partial charge on any atom is -0.593 e. The van der Waals surface area contributed by atoms with Crippen LogP contribution in [-0.2, 0) is 4.52 Å². The van der Waals surface area contributed by atoms with Crippen LogP contribution in [0.2, 0.25) is 0 Å². The quantitative estimate of drug-likeness (QED) is 0.502. The monoisotopic (exact) mass is 170 g/mol. The molecular weight excluding hydrogens is 167 g/mol. The smallest absolute Gasteiger partial charge is 0.339 e. The van der Waals surface area contributed by atoms with Gasteiger partial charge in [0.15, 0.2) is 12.7 Å². The fraction of sp³-hybridized carbons (Fsp3) is 0. The van der Waals surface area contributed by atoms with E-state index >= 15 is 0 Å². The van der Waals surface area contributed by atoms with Crippen LogP contribution in [0.25, 0.3) is 0 Å². The summed E-state index contributed by atoms with van der Waals surface area (Å²) in [7, 11) is -1.93. The molecule has 0 spiro atoms. The summed E-state index contributed by atoms with van der Waals surface area (Å²) in [5, 5.41) is 0.255. The van der Waals surface area contributed by atoms with Crippen LogP contribution in [0.3, 0.4) is 0 Å². The van der Waals surface area contributed by atoms with Crippen LogP contribution in [0, 0.1) is 5.07 Å². The number of fused-ring (bicyclic) bond motifs is 1. The Morgan fingerprint density at radius 3 is 3.36 bits per heavy atom. The van der Waals surface area contributed by atoms with E-state index in [0.717, 1.165) is 0 Å². The van der Waals surface area contributed by atoms with E-state index in [1.165, 1.54) is 18.9 Å². The van der Waals surface area contributed by atoms with Gasteiger partial charge in [0.1, 0.15) is 0 Å². The van der Waals surface area contributed by atoms with Crippen LogP contribution in [0.1, 0.15) is 0 Å². The van der Waals surface area contributed by atoms with Crippen molar-refractivity contribution in [3.8, 4) is 0 Å². The van der Waals surface area contributed by atoms with Crippen molar-refractivity contribution in [1.29, 1.82) is 0 Å². The molecule has 6 heteroatoms. The number of nitrogens with zero attached hydrogens (tertiary/aromatic N) is 2. The first-order valence-corrected chi connectivity index (χ1v) is 3.99. The fourth-order valence-corrected chi connectivity index (χ4v) is 1.35. The topological polar surface area (TPSA) is 70.7 Å². The minimum atomic E-state index is -1.93. The lowest BCUT2D eigenvalue weighted by Crippen LogP contribution is -1.99.